The first-order chi connectivity index (χ1) is 14.7. The van der Waals surface area contributed by atoms with E-state index in [1.807, 2.05) is 6.20 Å². The van der Waals surface area contributed by atoms with E-state index in [0.717, 1.165) is 58.3 Å². The van der Waals surface area contributed by atoms with Crippen molar-refractivity contribution in [3.8, 4) is 11.4 Å². The summed E-state index contributed by atoms with van der Waals surface area (Å²) in [6.07, 6.45) is 10.1. The molecule has 2 unspecified atom stereocenters. The molecule has 9 heteroatoms. The highest BCUT2D eigenvalue weighted by atomic mass is 32.1. The molecule has 3 fully saturated rings. The average Bonchev–Trinajstić information content (AvgIpc) is 3.41. The number of carbonyl (C=O) groups is 1. The molecule has 2 bridgehead atoms. The van der Waals surface area contributed by atoms with Crippen LogP contribution in [0.2, 0.25) is 0 Å². The number of nitrogens with one attached hydrogen (secondary N) is 1. The van der Waals surface area contributed by atoms with Gasteiger partial charge in [-0.3, -0.25) is 4.79 Å². The zero-order valence-corrected chi connectivity index (χ0v) is 17.0. The van der Waals surface area contributed by atoms with Crippen molar-refractivity contribution < 1.29 is 9.90 Å². The molecule has 8 nitrogen and oxygen atoms in total. The van der Waals surface area contributed by atoms with Crippen LogP contribution in [0.5, 0.6) is 0 Å². The van der Waals surface area contributed by atoms with Crippen LogP contribution in [0.4, 0.5) is 0 Å². The summed E-state index contributed by atoms with van der Waals surface area (Å²) in [5.41, 5.74) is 5.02. The number of rotatable bonds is 4. The molecule has 0 aliphatic heterocycles. The summed E-state index contributed by atoms with van der Waals surface area (Å²) >= 11 is 1.48. The minimum atomic E-state index is -0.660. The Morgan fingerprint density at radius 1 is 1.17 bits per heavy atom. The smallest absolute Gasteiger partial charge is 0.307 e. The molecule has 0 amide bonds. The number of hydrogen-bond donors (Lipinski definition) is 2. The second-order valence-electron chi connectivity index (χ2n) is 8.39. The first-order valence-corrected chi connectivity index (χ1v) is 11.2. The van der Waals surface area contributed by atoms with Gasteiger partial charge in [0.1, 0.15) is 22.3 Å². The lowest BCUT2D eigenvalue weighted by Gasteiger charge is -2.46. The highest BCUT2D eigenvalue weighted by molar-refractivity contribution is 7.16. The molecule has 30 heavy (non-hydrogen) atoms. The van der Waals surface area contributed by atoms with E-state index >= 15 is 0 Å². The fraction of sp³-hybridized carbons (Fsp3) is 0.429. The summed E-state index contributed by atoms with van der Waals surface area (Å²) < 4.78 is 0. The molecular weight excluding hydrogens is 400 g/mol. The summed E-state index contributed by atoms with van der Waals surface area (Å²) in [5, 5.41) is 10.8. The zero-order chi connectivity index (χ0) is 20.2. The summed E-state index contributed by atoms with van der Waals surface area (Å²) in [7, 11) is 0. The summed E-state index contributed by atoms with van der Waals surface area (Å²) in [6.45, 7) is 0. The number of aromatic nitrogens is 6. The largest absolute Gasteiger partial charge is 0.481 e. The van der Waals surface area contributed by atoms with Crippen LogP contribution in [-0.4, -0.2) is 41.0 Å². The molecule has 7 rings (SSSR count). The molecule has 0 aromatic carbocycles. The number of carboxylic acid groups (broad SMARTS) is 1. The Hall–Kier alpha value is -2.94. The number of aromatic amines is 1. The van der Waals surface area contributed by atoms with Crippen molar-refractivity contribution in [2.45, 2.75) is 32.1 Å². The number of nitrogens with zero attached hydrogens (tertiary/aromatic N) is 5. The fourth-order valence-corrected chi connectivity index (χ4v) is 6.28. The van der Waals surface area contributed by atoms with Crippen LogP contribution in [0.3, 0.4) is 0 Å². The highest BCUT2D eigenvalue weighted by Crippen LogP contribution is 2.50. The molecule has 3 aliphatic carbocycles. The zero-order valence-electron chi connectivity index (χ0n) is 16.2. The minimum Gasteiger partial charge on any atom is -0.481 e. The standard InChI is InChI=1S/C21H20N6O2S/c28-21(29)16-11-3-1-10(2-4-11)12(16)5-15-17-20(30-9-25-17)27-19(26-15)14-7-23-18-13(14)6-22-8-24-18/h6-12,16H,1-5H2,(H,28,29)(H,22,23,24). The van der Waals surface area contributed by atoms with Crippen molar-refractivity contribution in [1.82, 2.24) is 29.9 Å². The predicted molar refractivity (Wildman–Crippen MR) is 112 cm³/mol. The maximum Gasteiger partial charge on any atom is 0.307 e. The van der Waals surface area contributed by atoms with Gasteiger partial charge in [-0.1, -0.05) is 0 Å². The highest BCUT2D eigenvalue weighted by Gasteiger charge is 2.47. The van der Waals surface area contributed by atoms with E-state index in [1.54, 1.807) is 11.7 Å². The average molecular weight is 420 g/mol. The van der Waals surface area contributed by atoms with Crippen LogP contribution >= 0.6 is 11.3 Å². The molecular formula is C21H20N6O2S. The third-order valence-electron chi connectivity index (χ3n) is 6.97. The number of carboxylic acids is 1. The lowest BCUT2D eigenvalue weighted by molar-refractivity contribution is -0.152. The first kappa shape index (κ1) is 17.9. The van der Waals surface area contributed by atoms with Gasteiger partial charge in [0.25, 0.3) is 0 Å². The normalized spacial score (nSPS) is 25.9. The van der Waals surface area contributed by atoms with Crippen LogP contribution in [0.15, 0.2) is 24.2 Å². The number of fused-ring (bicyclic) bond motifs is 5. The van der Waals surface area contributed by atoms with Gasteiger partial charge in [-0.25, -0.2) is 24.9 Å². The maximum absolute atomic E-state index is 12.1. The number of hydrogen-bond acceptors (Lipinski definition) is 7. The first-order valence-electron chi connectivity index (χ1n) is 10.3. The van der Waals surface area contributed by atoms with Gasteiger partial charge < -0.3 is 10.1 Å². The summed E-state index contributed by atoms with van der Waals surface area (Å²) in [6, 6.07) is 0. The van der Waals surface area contributed by atoms with E-state index < -0.39 is 5.97 Å². The van der Waals surface area contributed by atoms with E-state index in [9.17, 15) is 9.90 Å². The molecule has 3 aliphatic rings. The topological polar surface area (TPSA) is 118 Å². The quantitative estimate of drug-likeness (QED) is 0.517. The van der Waals surface area contributed by atoms with E-state index in [2.05, 4.69) is 19.9 Å². The molecule has 0 spiro atoms. The van der Waals surface area contributed by atoms with Crippen LogP contribution in [0.25, 0.3) is 32.8 Å². The Morgan fingerprint density at radius 2 is 2.00 bits per heavy atom. The van der Waals surface area contributed by atoms with E-state index in [-0.39, 0.29) is 17.8 Å². The molecule has 152 valence electrons. The Labute approximate surface area is 175 Å². The lowest BCUT2D eigenvalue weighted by Crippen LogP contribution is -2.45. The molecule has 0 radical (unpaired) electrons. The molecule has 4 heterocycles. The number of aliphatic carboxylic acids is 1. The van der Waals surface area contributed by atoms with Crippen molar-refractivity contribution >= 4 is 38.7 Å². The van der Waals surface area contributed by atoms with Crippen LogP contribution in [0, 0.1) is 23.7 Å². The molecule has 0 saturated heterocycles. The molecule has 4 aromatic rings. The Balaban J connectivity index is 1.45. The van der Waals surface area contributed by atoms with Crippen LogP contribution < -0.4 is 0 Å². The van der Waals surface area contributed by atoms with Gasteiger partial charge in [0.2, 0.25) is 0 Å². The third-order valence-corrected chi connectivity index (χ3v) is 7.69. The second-order valence-corrected chi connectivity index (χ2v) is 9.23. The Morgan fingerprint density at radius 3 is 2.83 bits per heavy atom. The van der Waals surface area contributed by atoms with Gasteiger partial charge >= 0.3 is 5.97 Å². The minimum absolute atomic E-state index is 0.106. The SMILES string of the molecule is O=C(O)C1C2CCC(CC2)C1Cc1nc(-c2c[nH]c3ncncc23)nc2scnc12. The number of thiazole rings is 1. The Kier molecular flexibility index (Phi) is 4.05. The van der Waals surface area contributed by atoms with Gasteiger partial charge in [-0.05, 0) is 49.9 Å². The van der Waals surface area contributed by atoms with Gasteiger partial charge in [0, 0.05) is 23.3 Å². The summed E-state index contributed by atoms with van der Waals surface area (Å²) in [4.78, 5) is 38.6. The molecule has 2 N–H and O–H groups in total. The van der Waals surface area contributed by atoms with Gasteiger partial charge in [0.15, 0.2) is 5.82 Å². The van der Waals surface area contributed by atoms with E-state index in [0.29, 0.717) is 18.2 Å². The molecule has 4 aromatic heterocycles. The lowest BCUT2D eigenvalue weighted by atomic mass is 9.57. The second kappa shape index (κ2) is 6.80. The summed E-state index contributed by atoms with van der Waals surface area (Å²) in [5.74, 6) is 0.503. The van der Waals surface area contributed by atoms with E-state index in [4.69, 9.17) is 9.97 Å². The van der Waals surface area contributed by atoms with Crippen molar-refractivity contribution in [2.24, 2.45) is 23.7 Å². The van der Waals surface area contributed by atoms with Gasteiger partial charge in [0.05, 0.1) is 17.1 Å². The maximum atomic E-state index is 12.1. The van der Waals surface area contributed by atoms with Gasteiger partial charge in [-0.15, -0.1) is 11.3 Å². The predicted octanol–water partition coefficient (Wildman–Crippen LogP) is 3.70. The van der Waals surface area contributed by atoms with Crippen molar-refractivity contribution in [3.05, 3.63) is 29.9 Å². The number of H-pyrrole nitrogens is 1. The molecule has 2 atom stereocenters. The van der Waals surface area contributed by atoms with Gasteiger partial charge in [-0.2, -0.15) is 0 Å². The van der Waals surface area contributed by atoms with Crippen molar-refractivity contribution in [3.63, 3.8) is 0 Å². The van der Waals surface area contributed by atoms with Crippen molar-refractivity contribution in [2.75, 3.05) is 0 Å². The third kappa shape index (κ3) is 2.72. The van der Waals surface area contributed by atoms with Crippen LogP contribution in [0.1, 0.15) is 31.4 Å². The van der Waals surface area contributed by atoms with Crippen LogP contribution in [-0.2, 0) is 11.2 Å². The Bertz CT molecular complexity index is 1260. The van der Waals surface area contributed by atoms with Crippen molar-refractivity contribution in [1.29, 1.82) is 0 Å². The van der Waals surface area contributed by atoms with E-state index in [1.165, 1.54) is 17.7 Å². The fourth-order valence-electron chi connectivity index (χ4n) is 5.60. The molecule has 3 saturated carbocycles. The monoisotopic (exact) mass is 420 g/mol.